The van der Waals surface area contributed by atoms with Gasteiger partial charge in [-0.15, -0.1) is 0 Å². The molecule has 242 valence electrons. The number of rotatable bonds is 30. The Labute approximate surface area is 249 Å². The summed E-state index contributed by atoms with van der Waals surface area (Å²) < 4.78 is 41.7. The Morgan fingerprint density at radius 1 is 0.512 bits per heavy atom. The highest BCUT2D eigenvalue weighted by atomic mass is 16.6. The van der Waals surface area contributed by atoms with Crippen LogP contribution in [-0.2, 0) is 47.5 Å². The molecule has 10 heteroatoms. The second-order valence-corrected chi connectivity index (χ2v) is 8.96. The molecule has 0 bridgehead atoms. The number of carbonyl (C=O) groups is 2. The lowest BCUT2D eigenvalue weighted by Crippen LogP contribution is -2.09. The van der Waals surface area contributed by atoms with Gasteiger partial charge in [-0.1, -0.05) is 26.0 Å². The molecule has 0 amide bonds. The molecule has 0 aliphatic rings. The van der Waals surface area contributed by atoms with Crippen molar-refractivity contribution in [3.05, 3.63) is 24.8 Å². The molecular formula is C31H58O10. The first-order valence-corrected chi connectivity index (χ1v) is 15.1. The van der Waals surface area contributed by atoms with E-state index >= 15 is 0 Å². The van der Waals surface area contributed by atoms with Crippen LogP contribution in [0.1, 0.15) is 72.1 Å². The molecule has 0 aromatic carbocycles. The SMILES string of the molecule is C=C(C)C(=O)OCCCCCCOCCOCCOCC.C=CC(=O)OCCCCCCOCCOCCOCC. The average molecular weight is 591 g/mol. The number of hydrogen-bond acceptors (Lipinski definition) is 10. The average Bonchev–Trinajstić information content (AvgIpc) is 2.97. The molecule has 0 unspecified atom stereocenters. The highest BCUT2D eigenvalue weighted by Crippen LogP contribution is 2.02. The van der Waals surface area contributed by atoms with Crippen LogP contribution in [0.15, 0.2) is 24.8 Å². The van der Waals surface area contributed by atoms with Crippen molar-refractivity contribution >= 4 is 11.9 Å². The van der Waals surface area contributed by atoms with Gasteiger partial charge in [0, 0.05) is 38.1 Å². The van der Waals surface area contributed by atoms with Crippen molar-refractivity contribution in [2.45, 2.75) is 72.1 Å². The van der Waals surface area contributed by atoms with Gasteiger partial charge in [-0.3, -0.25) is 0 Å². The molecule has 0 radical (unpaired) electrons. The largest absolute Gasteiger partial charge is 0.463 e. The smallest absolute Gasteiger partial charge is 0.333 e. The van der Waals surface area contributed by atoms with Gasteiger partial charge < -0.3 is 37.9 Å². The summed E-state index contributed by atoms with van der Waals surface area (Å²) in [6.07, 6.45) is 9.24. The molecule has 0 saturated carbocycles. The van der Waals surface area contributed by atoms with Crippen molar-refractivity contribution in [3.8, 4) is 0 Å². The fraction of sp³-hybridized carbons (Fsp3) is 0.806. The van der Waals surface area contributed by atoms with E-state index in [9.17, 15) is 9.59 Å². The van der Waals surface area contributed by atoms with Gasteiger partial charge in [-0.2, -0.15) is 0 Å². The number of hydrogen-bond donors (Lipinski definition) is 0. The van der Waals surface area contributed by atoms with Crippen molar-refractivity contribution < 1.29 is 47.5 Å². The fourth-order valence-corrected chi connectivity index (χ4v) is 3.01. The van der Waals surface area contributed by atoms with Gasteiger partial charge in [-0.05, 0) is 59.3 Å². The molecule has 0 spiro atoms. The van der Waals surface area contributed by atoms with E-state index in [1.165, 1.54) is 6.08 Å². The molecule has 0 heterocycles. The van der Waals surface area contributed by atoms with E-state index < -0.39 is 0 Å². The maximum Gasteiger partial charge on any atom is 0.333 e. The second kappa shape index (κ2) is 36.2. The molecule has 0 aliphatic heterocycles. The van der Waals surface area contributed by atoms with Gasteiger partial charge in [0.15, 0.2) is 0 Å². The first-order valence-electron chi connectivity index (χ1n) is 15.1. The highest BCUT2D eigenvalue weighted by Gasteiger charge is 2.01. The van der Waals surface area contributed by atoms with E-state index in [0.717, 1.165) is 77.8 Å². The predicted octanol–water partition coefficient (Wildman–Crippen LogP) is 5.08. The first-order chi connectivity index (χ1) is 20.0. The van der Waals surface area contributed by atoms with Crippen LogP contribution in [0.3, 0.4) is 0 Å². The molecule has 0 rings (SSSR count). The molecule has 0 aliphatic carbocycles. The number of carbonyl (C=O) groups excluding carboxylic acids is 2. The molecule has 0 N–H and O–H groups in total. The molecule has 0 atom stereocenters. The van der Waals surface area contributed by atoms with E-state index in [1.807, 2.05) is 13.8 Å². The van der Waals surface area contributed by atoms with Crippen molar-refractivity contribution in [2.75, 3.05) is 92.5 Å². The zero-order valence-electron chi connectivity index (χ0n) is 26.1. The third-order valence-corrected chi connectivity index (χ3v) is 5.25. The Bertz CT molecular complexity index is 597. The quantitative estimate of drug-likeness (QED) is 0.0638. The van der Waals surface area contributed by atoms with Gasteiger partial charge in [0.05, 0.1) is 66.1 Å². The molecule has 10 nitrogen and oxygen atoms in total. The van der Waals surface area contributed by atoms with E-state index in [2.05, 4.69) is 13.2 Å². The Morgan fingerprint density at radius 3 is 1.22 bits per heavy atom. The molecule has 0 aromatic rings. The molecule has 0 aromatic heterocycles. The Kier molecular flexibility index (Phi) is 36.5. The lowest BCUT2D eigenvalue weighted by molar-refractivity contribution is -0.139. The topological polar surface area (TPSA) is 108 Å². The van der Waals surface area contributed by atoms with Crippen LogP contribution in [-0.4, -0.2) is 104 Å². The number of ether oxygens (including phenoxy) is 8. The summed E-state index contributed by atoms with van der Waals surface area (Å²) >= 11 is 0. The standard InChI is InChI=1S/C16H30O5.C15H28O5/c1-4-18-11-12-20-14-13-19-9-7-5-6-8-10-21-16(17)15(2)3;1-3-15(16)20-10-8-6-5-7-9-18-13-14-19-12-11-17-4-2/h2,4-14H2,1,3H3;3H,1,4-14H2,2H3. The van der Waals surface area contributed by atoms with Crippen LogP contribution in [0, 0.1) is 0 Å². The van der Waals surface area contributed by atoms with Gasteiger partial charge in [-0.25, -0.2) is 9.59 Å². The molecular weight excluding hydrogens is 532 g/mol. The lowest BCUT2D eigenvalue weighted by Gasteiger charge is -2.06. The summed E-state index contributed by atoms with van der Waals surface area (Å²) in [6.45, 7) is 21.4. The molecule has 0 fully saturated rings. The van der Waals surface area contributed by atoms with Crippen molar-refractivity contribution in [1.82, 2.24) is 0 Å². The van der Waals surface area contributed by atoms with Gasteiger partial charge in [0.1, 0.15) is 0 Å². The zero-order valence-corrected chi connectivity index (χ0v) is 26.1. The third kappa shape index (κ3) is 38.2. The maximum atomic E-state index is 11.1. The van der Waals surface area contributed by atoms with Crippen LogP contribution < -0.4 is 0 Å². The minimum atomic E-state index is -0.349. The van der Waals surface area contributed by atoms with Crippen LogP contribution in [0.5, 0.6) is 0 Å². The summed E-state index contributed by atoms with van der Waals surface area (Å²) in [7, 11) is 0. The fourth-order valence-electron chi connectivity index (χ4n) is 3.01. The maximum absolute atomic E-state index is 11.1. The molecule has 0 saturated heterocycles. The van der Waals surface area contributed by atoms with Gasteiger partial charge in [0.25, 0.3) is 0 Å². The zero-order chi connectivity index (χ0) is 30.7. The highest BCUT2D eigenvalue weighted by molar-refractivity contribution is 5.86. The Hall–Kier alpha value is -1.82. The van der Waals surface area contributed by atoms with E-state index in [-0.39, 0.29) is 11.9 Å². The van der Waals surface area contributed by atoms with Gasteiger partial charge in [0.2, 0.25) is 0 Å². The van der Waals surface area contributed by atoms with Crippen LogP contribution in [0.2, 0.25) is 0 Å². The van der Waals surface area contributed by atoms with Crippen LogP contribution >= 0.6 is 0 Å². The van der Waals surface area contributed by atoms with E-state index in [4.69, 9.17) is 37.9 Å². The predicted molar refractivity (Wildman–Crippen MR) is 160 cm³/mol. The summed E-state index contributed by atoms with van der Waals surface area (Å²) in [4.78, 5) is 21.9. The van der Waals surface area contributed by atoms with E-state index in [1.54, 1.807) is 6.92 Å². The molecule has 41 heavy (non-hydrogen) atoms. The summed E-state index contributed by atoms with van der Waals surface area (Å²) in [5.41, 5.74) is 0.451. The van der Waals surface area contributed by atoms with Crippen LogP contribution in [0.25, 0.3) is 0 Å². The summed E-state index contributed by atoms with van der Waals surface area (Å²) in [5, 5.41) is 0. The summed E-state index contributed by atoms with van der Waals surface area (Å²) in [5.74, 6) is -0.652. The summed E-state index contributed by atoms with van der Waals surface area (Å²) in [6, 6.07) is 0. The van der Waals surface area contributed by atoms with Gasteiger partial charge >= 0.3 is 11.9 Å². The minimum absolute atomic E-state index is 0.303. The monoisotopic (exact) mass is 590 g/mol. The van der Waals surface area contributed by atoms with E-state index in [0.29, 0.717) is 71.6 Å². The minimum Gasteiger partial charge on any atom is -0.463 e. The Morgan fingerprint density at radius 2 is 0.854 bits per heavy atom. The number of esters is 2. The van der Waals surface area contributed by atoms with Crippen molar-refractivity contribution in [1.29, 1.82) is 0 Å². The van der Waals surface area contributed by atoms with Crippen molar-refractivity contribution in [2.24, 2.45) is 0 Å². The first kappa shape index (κ1) is 41.3. The third-order valence-electron chi connectivity index (χ3n) is 5.25. The van der Waals surface area contributed by atoms with Crippen LogP contribution in [0.4, 0.5) is 0 Å². The second-order valence-electron chi connectivity index (χ2n) is 8.96. The normalized spacial score (nSPS) is 10.5. The van der Waals surface area contributed by atoms with Crippen molar-refractivity contribution in [3.63, 3.8) is 0 Å². The Balaban J connectivity index is 0. The lowest BCUT2D eigenvalue weighted by atomic mass is 10.2. The number of unbranched alkanes of at least 4 members (excludes halogenated alkanes) is 6.